The molecule has 0 N–H and O–H groups in total. The molecule has 0 saturated heterocycles. The molecule has 8 heteroatoms. The van der Waals surface area contributed by atoms with Crippen molar-refractivity contribution in [3.8, 4) is 5.75 Å². The average Bonchev–Trinajstić information content (AvgIpc) is 2.95. The van der Waals surface area contributed by atoms with Crippen LogP contribution in [0.5, 0.6) is 5.75 Å². The lowest BCUT2D eigenvalue weighted by Crippen LogP contribution is -2.16. The lowest BCUT2D eigenvalue weighted by molar-refractivity contribution is -0.387. The van der Waals surface area contributed by atoms with Gasteiger partial charge in [0, 0.05) is 18.5 Å². The van der Waals surface area contributed by atoms with Crippen LogP contribution in [0.3, 0.4) is 0 Å². The third kappa shape index (κ3) is 2.69. The van der Waals surface area contributed by atoms with Crippen molar-refractivity contribution < 1.29 is 18.1 Å². The van der Waals surface area contributed by atoms with Crippen LogP contribution in [0.2, 0.25) is 0 Å². The molecule has 0 aliphatic carbocycles. The van der Waals surface area contributed by atoms with Crippen LogP contribution in [-0.2, 0) is 16.3 Å². The minimum Gasteiger partial charge on any atom is -0.497 e. The third-order valence-electron chi connectivity index (χ3n) is 4.03. The number of hydrogen-bond acceptors (Lipinski definition) is 6. The number of ether oxygens (including phenoxy) is 1. The van der Waals surface area contributed by atoms with Gasteiger partial charge in [-0.3, -0.25) is 10.1 Å². The molecular formula is C16H16N2O5S. The van der Waals surface area contributed by atoms with Gasteiger partial charge in [-0.15, -0.1) is 0 Å². The predicted molar refractivity (Wildman–Crippen MR) is 89.9 cm³/mol. The van der Waals surface area contributed by atoms with Crippen LogP contribution in [0.25, 0.3) is 0 Å². The van der Waals surface area contributed by atoms with Gasteiger partial charge in [-0.2, -0.15) is 0 Å². The van der Waals surface area contributed by atoms with Gasteiger partial charge in [-0.05, 0) is 42.3 Å². The molecule has 0 bridgehead atoms. The lowest BCUT2D eigenvalue weighted by atomic mass is 10.1. The first-order valence-electron chi connectivity index (χ1n) is 7.25. The molecule has 24 heavy (non-hydrogen) atoms. The molecule has 126 valence electrons. The summed E-state index contributed by atoms with van der Waals surface area (Å²) in [6, 6.07) is 9.87. The number of nitro benzene ring substituents is 1. The van der Waals surface area contributed by atoms with Gasteiger partial charge in [-0.1, -0.05) is 6.07 Å². The largest absolute Gasteiger partial charge is 0.497 e. The van der Waals surface area contributed by atoms with Crippen LogP contribution in [-0.4, -0.2) is 33.3 Å². The van der Waals surface area contributed by atoms with Crippen molar-refractivity contribution in [3.63, 3.8) is 0 Å². The Labute approximate surface area is 139 Å². The summed E-state index contributed by atoms with van der Waals surface area (Å²) in [5.41, 5.74) is 1.73. The van der Waals surface area contributed by atoms with E-state index in [0.717, 1.165) is 23.3 Å². The number of hydrogen-bond donors (Lipinski definition) is 0. The van der Waals surface area contributed by atoms with Crippen LogP contribution in [0.4, 0.5) is 17.1 Å². The highest BCUT2D eigenvalue weighted by atomic mass is 32.2. The van der Waals surface area contributed by atoms with E-state index >= 15 is 0 Å². The maximum Gasteiger partial charge on any atom is 0.311 e. The molecular weight excluding hydrogens is 332 g/mol. The molecule has 0 atom stereocenters. The Morgan fingerprint density at radius 3 is 2.58 bits per heavy atom. The number of sulfone groups is 1. The Balaban J connectivity index is 2.18. The molecule has 0 spiro atoms. The van der Waals surface area contributed by atoms with Gasteiger partial charge >= 0.3 is 5.69 Å². The zero-order valence-electron chi connectivity index (χ0n) is 13.2. The quantitative estimate of drug-likeness (QED) is 0.623. The first-order valence-corrected chi connectivity index (χ1v) is 9.14. The molecule has 0 fully saturated rings. The molecule has 0 saturated carbocycles. The van der Waals surface area contributed by atoms with E-state index in [1.54, 1.807) is 24.1 Å². The van der Waals surface area contributed by atoms with Crippen LogP contribution in [0.15, 0.2) is 41.3 Å². The second kappa shape index (κ2) is 5.79. The van der Waals surface area contributed by atoms with E-state index in [2.05, 4.69) is 0 Å². The monoisotopic (exact) mass is 348 g/mol. The summed E-state index contributed by atoms with van der Waals surface area (Å²) >= 11 is 0. The fourth-order valence-corrected chi connectivity index (χ4v) is 3.82. The van der Waals surface area contributed by atoms with E-state index < -0.39 is 14.8 Å². The van der Waals surface area contributed by atoms with Crippen molar-refractivity contribution >= 4 is 26.9 Å². The van der Waals surface area contributed by atoms with Crippen LogP contribution in [0.1, 0.15) is 5.56 Å². The van der Waals surface area contributed by atoms with Gasteiger partial charge in [0.25, 0.3) is 0 Å². The van der Waals surface area contributed by atoms with E-state index in [4.69, 9.17) is 4.74 Å². The van der Waals surface area contributed by atoms with Crippen molar-refractivity contribution in [2.75, 3.05) is 24.8 Å². The van der Waals surface area contributed by atoms with Gasteiger partial charge in [0.05, 0.1) is 12.0 Å². The Kier molecular flexibility index (Phi) is 3.92. The summed E-state index contributed by atoms with van der Waals surface area (Å²) in [5, 5.41) is 11.6. The number of anilines is 2. The topological polar surface area (TPSA) is 89.8 Å². The van der Waals surface area contributed by atoms with Gasteiger partial charge in [-0.25, -0.2) is 8.42 Å². The molecule has 1 aliphatic heterocycles. The van der Waals surface area contributed by atoms with Crippen molar-refractivity contribution in [1.82, 2.24) is 0 Å². The lowest BCUT2D eigenvalue weighted by Gasteiger charge is -2.20. The summed E-state index contributed by atoms with van der Waals surface area (Å²) < 4.78 is 29.0. The Hall–Kier alpha value is -2.61. The van der Waals surface area contributed by atoms with E-state index in [9.17, 15) is 18.5 Å². The predicted octanol–water partition coefficient (Wildman–Crippen LogP) is 2.70. The van der Waals surface area contributed by atoms with Gasteiger partial charge in [0.1, 0.15) is 16.3 Å². The van der Waals surface area contributed by atoms with Crippen molar-refractivity contribution in [2.24, 2.45) is 0 Å². The van der Waals surface area contributed by atoms with Gasteiger partial charge in [0.2, 0.25) is 0 Å². The number of fused-ring (bicyclic) bond motifs is 1. The van der Waals surface area contributed by atoms with E-state index in [1.165, 1.54) is 12.1 Å². The standard InChI is InChI=1S/C16H16N2O5S/c1-23-12-6-7-13-11(10-12)8-9-17(13)14-4-3-5-15(24(2,21)22)16(14)18(19)20/h3-7,10H,8-9H2,1-2H3. The Morgan fingerprint density at radius 1 is 1.21 bits per heavy atom. The normalized spacial score (nSPS) is 13.7. The summed E-state index contributed by atoms with van der Waals surface area (Å²) in [5.74, 6) is 0.718. The maximum absolute atomic E-state index is 11.9. The number of benzene rings is 2. The molecule has 3 rings (SSSR count). The number of para-hydroxylation sites is 1. The summed E-state index contributed by atoms with van der Waals surface area (Å²) in [6.45, 7) is 0.538. The molecule has 1 aliphatic rings. The zero-order valence-corrected chi connectivity index (χ0v) is 14.0. The highest BCUT2D eigenvalue weighted by Gasteiger charge is 2.32. The smallest absolute Gasteiger partial charge is 0.311 e. The summed E-state index contributed by atoms with van der Waals surface area (Å²) in [4.78, 5) is 12.4. The molecule has 7 nitrogen and oxygen atoms in total. The van der Waals surface area contributed by atoms with E-state index in [0.29, 0.717) is 13.0 Å². The fraction of sp³-hybridized carbons (Fsp3) is 0.250. The SMILES string of the molecule is COc1ccc2c(c1)CCN2c1cccc(S(C)(=O)=O)c1[N+](=O)[O-]. The van der Waals surface area contributed by atoms with E-state index in [1.807, 2.05) is 12.1 Å². The Bertz CT molecular complexity index is 924. The molecule has 0 radical (unpaired) electrons. The summed E-state index contributed by atoms with van der Waals surface area (Å²) in [7, 11) is -2.13. The van der Waals surface area contributed by atoms with Crippen molar-refractivity contribution in [3.05, 3.63) is 52.1 Å². The number of nitro groups is 1. The third-order valence-corrected chi connectivity index (χ3v) is 5.16. The summed E-state index contributed by atoms with van der Waals surface area (Å²) in [6.07, 6.45) is 1.68. The maximum atomic E-state index is 11.9. The Morgan fingerprint density at radius 2 is 1.96 bits per heavy atom. The van der Waals surface area contributed by atoms with Crippen molar-refractivity contribution in [2.45, 2.75) is 11.3 Å². The minimum atomic E-state index is -3.71. The number of nitrogens with zero attached hydrogens (tertiary/aromatic N) is 2. The molecule has 2 aromatic rings. The highest BCUT2D eigenvalue weighted by molar-refractivity contribution is 7.90. The van der Waals surface area contributed by atoms with Crippen LogP contribution >= 0.6 is 0 Å². The zero-order chi connectivity index (χ0) is 17.5. The second-order valence-corrected chi connectivity index (χ2v) is 7.53. The first-order chi connectivity index (χ1) is 11.3. The minimum absolute atomic E-state index is 0.271. The second-order valence-electron chi connectivity index (χ2n) is 5.55. The van der Waals surface area contributed by atoms with Gasteiger partial charge in [0.15, 0.2) is 9.84 Å². The van der Waals surface area contributed by atoms with Crippen molar-refractivity contribution in [1.29, 1.82) is 0 Å². The highest BCUT2D eigenvalue weighted by Crippen LogP contribution is 2.42. The molecule has 0 aromatic heterocycles. The molecule has 0 amide bonds. The number of methoxy groups -OCH3 is 1. The first kappa shape index (κ1) is 16.3. The van der Waals surface area contributed by atoms with E-state index in [-0.39, 0.29) is 16.3 Å². The van der Waals surface area contributed by atoms with Gasteiger partial charge < -0.3 is 9.64 Å². The molecule has 1 heterocycles. The van der Waals surface area contributed by atoms with Crippen LogP contribution in [0, 0.1) is 10.1 Å². The number of rotatable bonds is 4. The molecule has 0 unspecified atom stereocenters. The molecule has 2 aromatic carbocycles. The van der Waals surface area contributed by atoms with Crippen LogP contribution < -0.4 is 9.64 Å². The average molecular weight is 348 g/mol. The fourth-order valence-electron chi connectivity index (χ4n) is 2.97.